The van der Waals surface area contributed by atoms with E-state index in [1.807, 2.05) is 81.4 Å². The predicted molar refractivity (Wildman–Crippen MR) is 210 cm³/mol. The van der Waals surface area contributed by atoms with Crippen molar-refractivity contribution in [2.24, 2.45) is 5.41 Å². The number of carbonyl (C=O) groups excluding carboxylic acids is 5. The van der Waals surface area contributed by atoms with E-state index in [9.17, 15) is 24.0 Å². The molecule has 55 heavy (non-hydrogen) atoms. The molecule has 4 amide bonds. The molecule has 6 rings (SSSR count). The van der Waals surface area contributed by atoms with Gasteiger partial charge in [-0.3, -0.25) is 29.3 Å². The minimum atomic E-state index is -1.09. The van der Waals surface area contributed by atoms with Crippen LogP contribution in [0.4, 0.5) is 0 Å². The first-order valence-electron chi connectivity index (χ1n) is 19.1. The number of benzene rings is 3. The third kappa shape index (κ3) is 10.3. The number of aromatic nitrogens is 1. The number of fused-ring (bicyclic) bond motifs is 2. The maximum atomic E-state index is 14.3. The quantitative estimate of drug-likeness (QED) is 0.0742. The van der Waals surface area contributed by atoms with E-state index in [1.54, 1.807) is 12.1 Å². The number of hydrogen-bond acceptors (Lipinski definition) is 7. The second kappa shape index (κ2) is 17.4. The molecule has 4 aromatic rings. The molecule has 1 aromatic heterocycles. The highest BCUT2D eigenvalue weighted by Crippen LogP contribution is 2.30. The summed E-state index contributed by atoms with van der Waals surface area (Å²) in [4.78, 5) is 71.1. The average molecular weight is 749 g/mol. The van der Waals surface area contributed by atoms with Gasteiger partial charge in [-0.1, -0.05) is 93.6 Å². The van der Waals surface area contributed by atoms with Crippen LogP contribution < -0.4 is 26.6 Å². The van der Waals surface area contributed by atoms with Crippen LogP contribution in [0.1, 0.15) is 79.5 Å². The highest BCUT2D eigenvalue weighted by Gasteiger charge is 2.43. The molecular weight excluding hydrogens is 697 g/mol. The van der Waals surface area contributed by atoms with Gasteiger partial charge in [-0.25, -0.2) is 0 Å². The van der Waals surface area contributed by atoms with Gasteiger partial charge in [-0.05, 0) is 60.3 Å². The van der Waals surface area contributed by atoms with Crippen molar-refractivity contribution in [3.63, 3.8) is 0 Å². The predicted octanol–water partition coefficient (Wildman–Crippen LogP) is 4.06. The molecule has 2 aliphatic rings. The van der Waals surface area contributed by atoms with Crippen molar-refractivity contribution >= 4 is 40.3 Å². The first-order valence-corrected chi connectivity index (χ1v) is 19.1. The van der Waals surface area contributed by atoms with Gasteiger partial charge in [0.05, 0.1) is 42.8 Å². The largest absolute Gasteiger partial charge is 0.377 e. The normalized spacial score (nSPS) is 17.2. The molecule has 12 heteroatoms. The zero-order chi connectivity index (χ0) is 39.0. The van der Waals surface area contributed by atoms with E-state index in [2.05, 4.69) is 37.6 Å². The lowest BCUT2D eigenvalue weighted by atomic mass is 9.87. The Hall–Kier alpha value is -5.33. The second-order valence-electron chi connectivity index (χ2n) is 16.0. The zero-order valence-corrected chi connectivity index (χ0v) is 31.8. The molecule has 0 spiro atoms. The Morgan fingerprint density at radius 2 is 1.60 bits per heavy atom. The fourth-order valence-corrected chi connectivity index (χ4v) is 7.17. The molecule has 0 unspecified atom stereocenters. The highest BCUT2D eigenvalue weighted by molar-refractivity contribution is 6.45. The molecule has 3 atom stereocenters. The number of Topliss-reactive ketones (excluding diaryl/α,β-unsaturated/α-hetero) is 1. The monoisotopic (exact) mass is 748 g/mol. The van der Waals surface area contributed by atoms with Gasteiger partial charge in [-0.2, -0.15) is 0 Å². The molecule has 0 radical (unpaired) electrons. The molecule has 1 aliphatic carbocycles. The lowest BCUT2D eigenvalue weighted by Gasteiger charge is -2.44. The van der Waals surface area contributed by atoms with E-state index in [0.29, 0.717) is 24.8 Å². The zero-order valence-electron chi connectivity index (χ0n) is 31.8. The van der Waals surface area contributed by atoms with Crippen LogP contribution in [0.3, 0.4) is 0 Å². The van der Waals surface area contributed by atoms with E-state index in [-0.39, 0.29) is 55.0 Å². The Kier molecular flexibility index (Phi) is 12.5. The Bertz CT molecular complexity index is 2000. The molecule has 2 heterocycles. The van der Waals surface area contributed by atoms with E-state index in [4.69, 9.17) is 4.74 Å². The third-order valence-electron chi connectivity index (χ3n) is 10.3. The number of aromatic amines is 1. The molecular formula is C43H52N6O6. The minimum Gasteiger partial charge on any atom is -0.377 e. The van der Waals surface area contributed by atoms with Crippen molar-refractivity contribution < 1.29 is 28.7 Å². The van der Waals surface area contributed by atoms with Crippen LogP contribution in [0.25, 0.3) is 10.9 Å². The lowest BCUT2D eigenvalue weighted by Crippen LogP contribution is -2.70. The number of amides is 4. The molecule has 1 fully saturated rings. The summed E-state index contributed by atoms with van der Waals surface area (Å²) in [5.41, 5.74) is 3.17. The maximum Gasteiger partial charge on any atom is 0.292 e. The van der Waals surface area contributed by atoms with E-state index < -0.39 is 35.2 Å². The highest BCUT2D eigenvalue weighted by atomic mass is 16.5. The summed E-state index contributed by atoms with van der Waals surface area (Å²) in [5.74, 6) is -2.68. The SMILES string of the molecule is CC(C)(C)CNC(=O)C[C@H](NC1(CNC(=O)C(=O)c2c[nH]c3ccccc23)COC1)C(=O)N[C@@H](CCc1ccccc1)C(=O)N[C@@H]1CCCc2ccccc21. The Morgan fingerprint density at radius 3 is 2.35 bits per heavy atom. The van der Waals surface area contributed by atoms with Gasteiger partial charge in [0, 0.05) is 30.2 Å². The molecule has 3 aromatic carbocycles. The number of para-hydroxylation sites is 1. The molecule has 12 nitrogen and oxygen atoms in total. The number of hydrogen-bond donors (Lipinski definition) is 6. The van der Waals surface area contributed by atoms with Crippen molar-refractivity contribution in [1.29, 1.82) is 0 Å². The van der Waals surface area contributed by atoms with E-state index >= 15 is 0 Å². The van der Waals surface area contributed by atoms with Crippen LogP contribution in [0.5, 0.6) is 0 Å². The number of aryl methyl sites for hydroxylation is 2. The van der Waals surface area contributed by atoms with Crippen LogP contribution >= 0.6 is 0 Å². The summed E-state index contributed by atoms with van der Waals surface area (Å²) in [6.45, 7) is 6.60. The van der Waals surface area contributed by atoms with Crippen molar-refractivity contribution in [2.45, 2.75) is 83.0 Å². The Balaban J connectivity index is 1.18. The van der Waals surface area contributed by atoms with Crippen LogP contribution in [-0.4, -0.2) is 78.3 Å². The summed E-state index contributed by atoms with van der Waals surface area (Å²) in [7, 11) is 0. The third-order valence-corrected chi connectivity index (χ3v) is 10.3. The molecule has 1 saturated heterocycles. The van der Waals surface area contributed by atoms with Gasteiger partial charge in [-0.15, -0.1) is 0 Å². The number of ketones is 1. The van der Waals surface area contributed by atoms with Crippen molar-refractivity contribution in [1.82, 2.24) is 31.6 Å². The Labute approximate surface area is 321 Å². The van der Waals surface area contributed by atoms with Gasteiger partial charge in [0.2, 0.25) is 17.7 Å². The standard InChI is InChI=1S/C43H52N6O6/c1-42(2,3)24-45-37(50)22-36(49-43(26-55-27-43)25-46-41(54)38(51)32-23-44-33-18-10-9-17-31(32)33)40(53)48-35(21-20-28-12-5-4-6-13-28)39(52)47-34-19-11-15-29-14-7-8-16-30(29)34/h4-10,12-14,16-18,23,34-36,44,49H,11,15,19-22,24-27H2,1-3H3,(H,45,50)(H,46,54)(H,47,52)(H,48,53)/t34-,35+,36+/m1/s1. The van der Waals surface area contributed by atoms with Crippen molar-refractivity contribution in [3.8, 4) is 0 Å². The number of ether oxygens (including phenoxy) is 1. The van der Waals surface area contributed by atoms with Gasteiger partial charge in [0.1, 0.15) is 6.04 Å². The fraction of sp³-hybridized carbons (Fsp3) is 0.419. The minimum absolute atomic E-state index is 0.0354. The van der Waals surface area contributed by atoms with Gasteiger partial charge < -0.3 is 31.0 Å². The second-order valence-corrected chi connectivity index (χ2v) is 16.0. The first kappa shape index (κ1) is 39.4. The summed E-state index contributed by atoms with van der Waals surface area (Å²) in [6, 6.07) is 22.9. The summed E-state index contributed by atoms with van der Waals surface area (Å²) < 4.78 is 5.56. The van der Waals surface area contributed by atoms with Crippen LogP contribution in [0, 0.1) is 5.41 Å². The molecule has 0 bridgehead atoms. The first-order chi connectivity index (χ1) is 26.4. The van der Waals surface area contributed by atoms with Crippen molar-refractivity contribution in [3.05, 3.63) is 107 Å². The number of nitrogens with one attached hydrogen (secondary N) is 6. The average Bonchev–Trinajstić information content (AvgIpc) is 3.60. The van der Waals surface area contributed by atoms with Gasteiger partial charge in [0.25, 0.3) is 11.7 Å². The van der Waals surface area contributed by atoms with Crippen molar-refractivity contribution in [2.75, 3.05) is 26.3 Å². The van der Waals surface area contributed by atoms with E-state index in [1.165, 1.54) is 11.8 Å². The van der Waals surface area contributed by atoms with E-state index in [0.717, 1.165) is 35.9 Å². The smallest absolute Gasteiger partial charge is 0.292 e. The number of rotatable bonds is 16. The van der Waals surface area contributed by atoms with Gasteiger partial charge >= 0.3 is 0 Å². The van der Waals surface area contributed by atoms with Gasteiger partial charge in [0.15, 0.2) is 0 Å². The maximum absolute atomic E-state index is 14.3. The summed E-state index contributed by atoms with van der Waals surface area (Å²) in [6.07, 6.45) is 4.84. The van der Waals surface area contributed by atoms with Crippen LogP contribution in [0.2, 0.25) is 0 Å². The molecule has 290 valence electrons. The topological polar surface area (TPSA) is 171 Å². The number of H-pyrrole nitrogens is 1. The summed E-state index contributed by atoms with van der Waals surface area (Å²) in [5, 5.41) is 15.8. The molecule has 1 aliphatic heterocycles. The van der Waals surface area contributed by atoms with Crippen LogP contribution in [0.15, 0.2) is 85.1 Å². The lowest BCUT2D eigenvalue weighted by molar-refractivity contribution is -0.135. The fourth-order valence-electron chi connectivity index (χ4n) is 7.17. The molecule has 6 N–H and O–H groups in total. The molecule has 0 saturated carbocycles. The Morgan fingerprint density at radius 1 is 0.873 bits per heavy atom. The number of carbonyl (C=O) groups is 5. The summed E-state index contributed by atoms with van der Waals surface area (Å²) >= 11 is 0. The van der Waals surface area contributed by atoms with Crippen LogP contribution in [-0.2, 0) is 36.8 Å².